The topological polar surface area (TPSA) is 48.1 Å². The van der Waals surface area contributed by atoms with Gasteiger partial charge in [-0.25, -0.2) is 10.7 Å². The molecule has 22 heavy (non-hydrogen) atoms. The third-order valence-electron chi connectivity index (χ3n) is 3.01. The number of benzene rings is 2. The SMILES string of the molecule is Cc1ccc2cccc(OCc3[c-]ccc(N)[c-]3)c2n1.[Y].[Y]. The van der Waals surface area contributed by atoms with E-state index in [0.717, 1.165) is 27.9 Å². The van der Waals surface area contributed by atoms with E-state index in [0.29, 0.717) is 12.3 Å². The molecule has 0 atom stereocenters. The Hall–Kier alpha value is -0.342. The van der Waals surface area contributed by atoms with Crippen molar-refractivity contribution in [3.05, 3.63) is 65.9 Å². The predicted molar refractivity (Wildman–Crippen MR) is 79.3 cm³/mol. The summed E-state index contributed by atoms with van der Waals surface area (Å²) in [6.07, 6.45) is 0. The van der Waals surface area contributed by atoms with Crippen LogP contribution in [0.2, 0.25) is 0 Å². The number of nitrogens with zero attached hydrogens (tertiary/aromatic N) is 1. The molecular formula is C17H14N2OY2-2. The fourth-order valence-electron chi connectivity index (χ4n) is 2.05. The van der Waals surface area contributed by atoms with Crippen molar-refractivity contribution in [3.63, 3.8) is 0 Å². The molecule has 3 rings (SSSR count). The van der Waals surface area contributed by atoms with Crippen molar-refractivity contribution in [1.82, 2.24) is 4.98 Å². The monoisotopic (exact) mass is 440 g/mol. The molecule has 0 aliphatic rings. The minimum absolute atomic E-state index is 0. The first-order chi connectivity index (χ1) is 9.72. The molecule has 106 valence electrons. The molecular weight excluding hydrogens is 426 g/mol. The molecule has 0 amide bonds. The molecule has 2 radical (unpaired) electrons. The zero-order chi connectivity index (χ0) is 13.9. The number of aryl methyl sites for hydroxylation is 1. The standard InChI is InChI=1S/C17H14N2O.2Y/c1-12-8-9-14-5-3-7-16(17(14)19-12)20-11-13-4-2-6-15(18)10-13;;/h2-3,5-9H,11,18H2,1H3;;/q-2;;. The molecule has 5 heteroatoms. The number of nitrogen functional groups attached to an aromatic ring is 1. The maximum Gasteiger partial charge on any atom is 0.145 e. The van der Waals surface area contributed by atoms with Crippen LogP contribution in [0.25, 0.3) is 10.9 Å². The Morgan fingerprint density at radius 2 is 1.95 bits per heavy atom. The third kappa shape index (κ3) is 4.83. The average Bonchev–Trinajstić information content (AvgIpc) is 2.45. The molecule has 3 nitrogen and oxygen atoms in total. The fourth-order valence-corrected chi connectivity index (χ4v) is 2.05. The summed E-state index contributed by atoms with van der Waals surface area (Å²) in [7, 11) is 0. The normalized spacial score (nSPS) is 9.68. The Morgan fingerprint density at radius 3 is 2.73 bits per heavy atom. The zero-order valence-electron chi connectivity index (χ0n) is 12.3. The molecule has 0 aliphatic carbocycles. The van der Waals surface area contributed by atoms with Crippen LogP contribution in [0.5, 0.6) is 5.75 Å². The van der Waals surface area contributed by atoms with E-state index in [1.807, 2.05) is 37.3 Å². The zero-order valence-corrected chi connectivity index (χ0v) is 18.0. The summed E-state index contributed by atoms with van der Waals surface area (Å²) in [4.78, 5) is 4.54. The summed E-state index contributed by atoms with van der Waals surface area (Å²) in [5.41, 5.74) is 8.93. The van der Waals surface area contributed by atoms with Gasteiger partial charge in [0, 0.05) is 76.5 Å². The van der Waals surface area contributed by atoms with Crippen LogP contribution in [-0.4, -0.2) is 4.98 Å². The number of anilines is 1. The molecule has 0 fully saturated rings. The van der Waals surface area contributed by atoms with E-state index in [9.17, 15) is 0 Å². The Kier molecular flexibility index (Phi) is 8.13. The molecule has 1 aromatic heterocycles. The minimum Gasteiger partial charge on any atom is -0.491 e. The molecule has 0 unspecified atom stereocenters. The summed E-state index contributed by atoms with van der Waals surface area (Å²) in [6, 6.07) is 19.5. The second kappa shape index (κ2) is 9.08. The van der Waals surface area contributed by atoms with Crippen molar-refractivity contribution in [2.24, 2.45) is 0 Å². The number of pyridine rings is 1. The van der Waals surface area contributed by atoms with Gasteiger partial charge in [-0.15, -0.1) is 0 Å². The number of aromatic nitrogens is 1. The minimum atomic E-state index is 0. The van der Waals surface area contributed by atoms with Crippen molar-refractivity contribution >= 4 is 16.6 Å². The Morgan fingerprint density at radius 1 is 1.14 bits per heavy atom. The first kappa shape index (κ1) is 19.7. The predicted octanol–water partition coefficient (Wildman–Crippen LogP) is 3.30. The van der Waals surface area contributed by atoms with Gasteiger partial charge in [-0.3, -0.25) is 17.7 Å². The summed E-state index contributed by atoms with van der Waals surface area (Å²) in [5, 5.41) is 1.06. The van der Waals surface area contributed by atoms with Crippen molar-refractivity contribution in [2.75, 3.05) is 5.73 Å². The van der Waals surface area contributed by atoms with Crippen LogP contribution in [0.3, 0.4) is 0 Å². The number of hydrogen-bond acceptors (Lipinski definition) is 3. The summed E-state index contributed by atoms with van der Waals surface area (Å²) < 4.78 is 5.83. The molecule has 1 heterocycles. The Labute approximate surface area is 180 Å². The molecule has 3 aromatic rings. The van der Waals surface area contributed by atoms with Gasteiger partial charge in [0.1, 0.15) is 11.3 Å². The third-order valence-corrected chi connectivity index (χ3v) is 3.01. The van der Waals surface area contributed by atoms with Gasteiger partial charge in [0.25, 0.3) is 0 Å². The number of nitrogens with two attached hydrogens (primary N) is 1. The fraction of sp³-hybridized carbons (Fsp3) is 0.118. The van der Waals surface area contributed by atoms with E-state index in [4.69, 9.17) is 10.5 Å². The van der Waals surface area contributed by atoms with Gasteiger partial charge in [-0.2, -0.15) is 0 Å². The molecule has 2 N–H and O–H groups in total. The number of ether oxygens (including phenoxy) is 1. The van der Waals surface area contributed by atoms with Gasteiger partial charge in [0.2, 0.25) is 0 Å². The molecule has 0 bridgehead atoms. The van der Waals surface area contributed by atoms with E-state index < -0.39 is 0 Å². The van der Waals surface area contributed by atoms with Crippen molar-refractivity contribution in [1.29, 1.82) is 0 Å². The second-order valence-electron chi connectivity index (χ2n) is 4.61. The van der Waals surface area contributed by atoms with E-state index >= 15 is 0 Å². The van der Waals surface area contributed by atoms with Gasteiger partial charge < -0.3 is 22.6 Å². The molecule has 0 saturated heterocycles. The van der Waals surface area contributed by atoms with Gasteiger partial charge in [0.05, 0.1) is 6.61 Å². The number of fused-ring (bicyclic) bond motifs is 1. The van der Waals surface area contributed by atoms with Crippen LogP contribution >= 0.6 is 0 Å². The summed E-state index contributed by atoms with van der Waals surface area (Å²) >= 11 is 0. The molecule has 0 spiro atoms. The molecule has 0 saturated carbocycles. The maximum atomic E-state index is 5.83. The van der Waals surface area contributed by atoms with Gasteiger partial charge >= 0.3 is 0 Å². The first-order valence-corrected chi connectivity index (χ1v) is 6.40. The number of para-hydroxylation sites is 1. The van der Waals surface area contributed by atoms with Crippen LogP contribution in [0.4, 0.5) is 5.69 Å². The van der Waals surface area contributed by atoms with Crippen LogP contribution < -0.4 is 10.5 Å². The quantitative estimate of drug-likeness (QED) is 0.503. The van der Waals surface area contributed by atoms with E-state index in [1.165, 1.54) is 0 Å². The Bertz CT molecular complexity index is 762. The van der Waals surface area contributed by atoms with E-state index in [1.54, 1.807) is 12.1 Å². The van der Waals surface area contributed by atoms with Crippen LogP contribution in [0.1, 0.15) is 11.3 Å². The largest absolute Gasteiger partial charge is 0.491 e. The Balaban J connectivity index is 0.00000121. The van der Waals surface area contributed by atoms with Crippen molar-refractivity contribution < 1.29 is 70.2 Å². The van der Waals surface area contributed by atoms with Gasteiger partial charge in [0.15, 0.2) is 0 Å². The summed E-state index contributed by atoms with van der Waals surface area (Å²) in [6.45, 7) is 2.34. The van der Waals surface area contributed by atoms with Crippen LogP contribution in [0, 0.1) is 19.1 Å². The summed E-state index contributed by atoms with van der Waals surface area (Å²) in [5.74, 6) is 0.760. The van der Waals surface area contributed by atoms with E-state index in [2.05, 4.69) is 17.1 Å². The van der Waals surface area contributed by atoms with Crippen molar-refractivity contribution in [3.8, 4) is 5.75 Å². The van der Waals surface area contributed by atoms with Crippen LogP contribution in [-0.2, 0) is 72.0 Å². The maximum absolute atomic E-state index is 5.83. The van der Waals surface area contributed by atoms with Crippen LogP contribution in [0.15, 0.2) is 42.5 Å². The van der Waals surface area contributed by atoms with Crippen molar-refractivity contribution in [2.45, 2.75) is 13.5 Å². The van der Waals surface area contributed by atoms with E-state index in [-0.39, 0.29) is 65.4 Å². The molecule has 0 aliphatic heterocycles. The molecule has 2 aromatic carbocycles. The van der Waals surface area contributed by atoms with Gasteiger partial charge in [-0.05, 0) is 19.1 Å². The number of hydrogen-bond donors (Lipinski definition) is 1. The number of rotatable bonds is 3. The first-order valence-electron chi connectivity index (χ1n) is 6.40. The second-order valence-corrected chi connectivity index (χ2v) is 4.61. The average molecular weight is 440 g/mol. The van der Waals surface area contributed by atoms with Gasteiger partial charge in [-0.1, -0.05) is 18.2 Å². The smallest absolute Gasteiger partial charge is 0.145 e.